The maximum Gasteiger partial charge on any atom is 0.351 e. The maximum absolute atomic E-state index is 14.7. The first-order chi connectivity index (χ1) is 14.7. The van der Waals surface area contributed by atoms with Crippen LogP contribution in [0.4, 0.5) is 19.0 Å². The molecule has 2 aliphatic rings. The largest absolute Gasteiger partial charge is 0.384 e. The van der Waals surface area contributed by atoms with Gasteiger partial charge in [0, 0.05) is 19.3 Å². The highest BCUT2D eigenvalue weighted by Gasteiger charge is 2.59. The Morgan fingerprint density at radius 2 is 2.00 bits per heavy atom. The molecule has 0 bridgehead atoms. The van der Waals surface area contributed by atoms with Crippen molar-refractivity contribution in [2.45, 2.75) is 43.6 Å². The molecule has 2 aliphatic heterocycles. The van der Waals surface area contributed by atoms with E-state index in [1.807, 2.05) is 4.90 Å². The third kappa shape index (κ3) is 4.60. The van der Waals surface area contributed by atoms with Gasteiger partial charge in [-0.25, -0.2) is 9.18 Å². The second-order valence-corrected chi connectivity index (χ2v) is 8.29. The Morgan fingerprint density at radius 1 is 1.26 bits per heavy atom. The van der Waals surface area contributed by atoms with Crippen LogP contribution in [-0.4, -0.2) is 57.3 Å². The van der Waals surface area contributed by atoms with Gasteiger partial charge in [0.1, 0.15) is 23.8 Å². The van der Waals surface area contributed by atoms with Crippen molar-refractivity contribution in [1.29, 1.82) is 0 Å². The van der Waals surface area contributed by atoms with Crippen molar-refractivity contribution in [2.75, 3.05) is 25.4 Å². The van der Waals surface area contributed by atoms with E-state index >= 15 is 0 Å². The van der Waals surface area contributed by atoms with E-state index in [0.717, 1.165) is 31.0 Å². The number of halogens is 3. The SMILES string of the molecule is Nc1ccn([C@@H]2O[C@H](CN3CCCC(Cc4ccc(F)cc4)C3)[C@@H](O)C2(F)F)c(=O)n1. The summed E-state index contributed by atoms with van der Waals surface area (Å²) in [5.74, 6) is -3.74. The number of aliphatic hydroxyl groups is 1. The number of nitrogen functional groups attached to an aromatic ring is 1. The summed E-state index contributed by atoms with van der Waals surface area (Å²) in [5, 5.41) is 10.3. The predicted molar refractivity (Wildman–Crippen MR) is 107 cm³/mol. The van der Waals surface area contributed by atoms with Gasteiger partial charge >= 0.3 is 11.6 Å². The van der Waals surface area contributed by atoms with Gasteiger partial charge in [-0.15, -0.1) is 0 Å². The molecule has 0 saturated carbocycles. The topological polar surface area (TPSA) is 93.6 Å². The van der Waals surface area contributed by atoms with Crippen LogP contribution in [0.5, 0.6) is 0 Å². The molecule has 7 nitrogen and oxygen atoms in total. The van der Waals surface area contributed by atoms with Crippen molar-refractivity contribution in [1.82, 2.24) is 14.5 Å². The lowest BCUT2D eigenvalue weighted by Crippen LogP contribution is -2.46. The third-order valence-electron chi connectivity index (χ3n) is 5.96. The molecule has 10 heteroatoms. The van der Waals surface area contributed by atoms with Gasteiger partial charge < -0.3 is 20.5 Å². The molecule has 4 rings (SSSR count). The molecule has 3 heterocycles. The lowest BCUT2D eigenvalue weighted by Gasteiger charge is -2.34. The van der Waals surface area contributed by atoms with Gasteiger partial charge in [-0.1, -0.05) is 12.1 Å². The van der Waals surface area contributed by atoms with Crippen LogP contribution in [0.2, 0.25) is 0 Å². The molecule has 168 valence electrons. The number of rotatable bonds is 5. The number of anilines is 1. The summed E-state index contributed by atoms with van der Waals surface area (Å²) in [4.78, 5) is 17.5. The van der Waals surface area contributed by atoms with Crippen LogP contribution in [0, 0.1) is 11.7 Å². The average molecular weight is 438 g/mol. The molecule has 1 aromatic heterocycles. The zero-order valence-corrected chi connectivity index (χ0v) is 16.8. The highest BCUT2D eigenvalue weighted by molar-refractivity contribution is 5.23. The Bertz CT molecular complexity index is 969. The molecule has 0 radical (unpaired) electrons. The lowest BCUT2D eigenvalue weighted by molar-refractivity contribution is -0.140. The van der Waals surface area contributed by atoms with Gasteiger partial charge in [0.2, 0.25) is 6.23 Å². The first kappa shape index (κ1) is 21.8. The number of hydrogen-bond acceptors (Lipinski definition) is 6. The van der Waals surface area contributed by atoms with E-state index < -0.39 is 30.0 Å². The van der Waals surface area contributed by atoms with E-state index in [-0.39, 0.29) is 24.1 Å². The van der Waals surface area contributed by atoms with E-state index in [1.54, 1.807) is 12.1 Å². The van der Waals surface area contributed by atoms with E-state index in [1.165, 1.54) is 18.2 Å². The molecule has 31 heavy (non-hydrogen) atoms. The highest BCUT2D eigenvalue weighted by Crippen LogP contribution is 2.42. The first-order valence-electron chi connectivity index (χ1n) is 10.3. The van der Waals surface area contributed by atoms with Gasteiger partial charge in [0.15, 0.2) is 0 Å². The molecule has 2 fully saturated rings. The van der Waals surface area contributed by atoms with Crippen molar-refractivity contribution in [3.8, 4) is 0 Å². The number of likely N-dealkylation sites (tertiary alicyclic amines) is 1. The predicted octanol–water partition coefficient (Wildman–Crippen LogP) is 1.81. The van der Waals surface area contributed by atoms with Crippen molar-refractivity contribution in [3.05, 3.63) is 58.4 Å². The number of hydrogen-bond donors (Lipinski definition) is 2. The Morgan fingerprint density at radius 3 is 2.71 bits per heavy atom. The zero-order valence-electron chi connectivity index (χ0n) is 16.8. The van der Waals surface area contributed by atoms with E-state index in [4.69, 9.17) is 10.5 Å². The van der Waals surface area contributed by atoms with Gasteiger partial charge in [-0.2, -0.15) is 13.8 Å². The summed E-state index contributed by atoms with van der Waals surface area (Å²) in [7, 11) is 0. The first-order valence-corrected chi connectivity index (χ1v) is 10.3. The second kappa shape index (κ2) is 8.60. The number of nitrogens with zero attached hydrogens (tertiary/aromatic N) is 3. The van der Waals surface area contributed by atoms with E-state index in [0.29, 0.717) is 17.7 Å². The van der Waals surface area contributed by atoms with Gasteiger partial charge in [-0.3, -0.25) is 4.57 Å². The Balaban J connectivity index is 1.42. The van der Waals surface area contributed by atoms with E-state index in [9.17, 15) is 23.1 Å². The number of alkyl halides is 2. The number of aromatic nitrogens is 2. The molecule has 3 N–H and O–H groups in total. The van der Waals surface area contributed by atoms with Crippen molar-refractivity contribution >= 4 is 5.82 Å². The summed E-state index contributed by atoms with van der Waals surface area (Å²) >= 11 is 0. The molecule has 2 aromatic rings. The molecule has 0 amide bonds. The molecular formula is C21H25F3N4O3. The zero-order chi connectivity index (χ0) is 22.2. The van der Waals surface area contributed by atoms with Gasteiger partial charge in [0.25, 0.3) is 0 Å². The van der Waals surface area contributed by atoms with Crippen LogP contribution in [-0.2, 0) is 11.2 Å². The fraction of sp³-hybridized carbons (Fsp3) is 0.524. The van der Waals surface area contributed by atoms with Crippen molar-refractivity contribution in [3.63, 3.8) is 0 Å². The number of benzene rings is 1. The lowest BCUT2D eigenvalue weighted by atomic mass is 9.91. The number of nitrogens with two attached hydrogens (primary N) is 1. The number of ether oxygens (including phenoxy) is 1. The van der Waals surface area contributed by atoms with Crippen LogP contribution >= 0.6 is 0 Å². The van der Waals surface area contributed by atoms with Crippen molar-refractivity contribution < 1.29 is 23.0 Å². The normalized spacial score (nSPS) is 28.6. The monoisotopic (exact) mass is 438 g/mol. The standard InChI is InChI=1S/C21H25F3N4O3/c22-15-5-3-13(4-6-15)10-14-2-1-8-27(11-14)12-16-18(29)21(23,24)19(31-16)28-9-7-17(25)26-20(28)30/h3-7,9,14,16,18-19,29H,1-2,8,10-12H2,(H2,25,26,30)/t14?,16-,18-,19-/m1/s1. The Hall–Kier alpha value is -2.43. The minimum atomic E-state index is -3.66. The van der Waals surface area contributed by atoms with Gasteiger partial charge in [0.05, 0.1) is 0 Å². The highest BCUT2D eigenvalue weighted by atomic mass is 19.3. The molecular weight excluding hydrogens is 413 g/mol. The molecule has 1 aromatic carbocycles. The maximum atomic E-state index is 14.7. The summed E-state index contributed by atoms with van der Waals surface area (Å²) < 4.78 is 48.7. The minimum Gasteiger partial charge on any atom is -0.384 e. The molecule has 4 atom stereocenters. The van der Waals surface area contributed by atoms with E-state index in [2.05, 4.69) is 4.98 Å². The van der Waals surface area contributed by atoms with Crippen LogP contribution in [0.15, 0.2) is 41.3 Å². The molecule has 1 unspecified atom stereocenters. The summed E-state index contributed by atoms with van der Waals surface area (Å²) in [6.45, 7) is 1.47. The van der Waals surface area contributed by atoms with Crippen LogP contribution < -0.4 is 11.4 Å². The van der Waals surface area contributed by atoms with Crippen LogP contribution in [0.3, 0.4) is 0 Å². The minimum absolute atomic E-state index is 0.0832. The van der Waals surface area contributed by atoms with Crippen LogP contribution in [0.25, 0.3) is 0 Å². The second-order valence-electron chi connectivity index (χ2n) is 8.29. The van der Waals surface area contributed by atoms with Crippen LogP contribution in [0.1, 0.15) is 24.6 Å². The quantitative estimate of drug-likeness (QED) is 0.740. The number of aliphatic hydroxyl groups excluding tert-OH is 1. The smallest absolute Gasteiger partial charge is 0.351 e. The Labute approximate surface area is 177 Å². The molecule has 0 spiro atoms. The fourth-order valence-electron chi connectivity index (χ4n) is 4.41. The average Bonchev–Trinajstić information content (AvgIpc) is 2.94. The van der Waals surface area contributed by atoms with Gasteiger partial charge in [-0.05, 0) is 55.5 Å². The fourth-order valence-corrected chi connectivity index (χ4v) is 4.41. The van der Waals surface area contributed by atoms with Crippen molar-refractivity contribution in [2.24, 2.45) is 5.92 Å². The summed E-state index contributed by atoms with van der Waals surface area (Å²) in [5.41, 5.74) is 5.48. The summed E-state index contributed by atoms with van der Waals surface area (Å²) in [6, 6.07) is 7.58. The third-order valence-corrected chi connectivity index (χ3v) is 5.96. The molecule has 0 aliphatic carbocycles. The number of piperidine rings is 1. The summed E-state index contributed by atoms with van der Waals surface area (Å²) in [6.07, 6.45) is -1.45. The molecule has 2 saturated heterocycles. The Kier molecular flexibility index (Phi) is 6.05.